The van der Waals surface area contributed by atoms with Crippen molar-refractivity contribution in [3.05, 3.63) is 35.1 Å². The van der Waals surface area contributed by atoms with Crippen molar-refractivity contribution in [2.45, 2.75) is 49.6 Å². The van der Waals surface area contributed by atoms with E-state index in [0.29, 0.717) is 16.6 Å². The van der Waals surface area contributed by atoms with Crippen molar-refractivity contribution in [1.29, 1.82) is 0 Å². The number of hydrogen-bond acceptors (Lipinski definition) is 2. The van der Waals surface area contributed by atoms with E-state index in [1.165, 1.54) is 25.3 Å². The van der Waals surface area contributed by atoms with E-state index >= 15 is 0 Å². The Kier molecular flexibility index (Phi) is 5.54. The van der Waals surface area contributed by atoms with Gasteiger partial charge in [0.15, 0.2) is 0 Å². The summed E-state index contributed by atoms with van der Waals surface area (Å²) in [6, 6.07) is 2.53. The summed E-state index contributed by atoms with van der Waals surface area (Å²) in [6.07, 6.45) is 1.29. The molecule has 0 spiro atoms. The summed E-state index contributed by atoms with van der Waals surface area (Å²) in [4.78, 5) is 0. The van der Waals surface area contributed by atoms with Gasteiger partial charge in [-0.05, 0) is 30.5 Å². The molecule has 0 heterocycles. The van der Waals surface area contributed by atoms with Gasteiger partial charge in [-0.3, -0.25) is 0 Å². The number of halogens is 4. The molecule has 1 fully saturated rings. The first-order valence-electron chi connectivity index (χ1n) is 7.12. The predicted octanol–water partition coefficient (Wildman–Crippen LogP) is 4.91. The molecule has 1 saturated carbocycles. The van der Waals surface area contributed by atoms with Crippen molar-refractivity contribution in [2.75, 3.05) is 5.75 Å². The zero-order valence-electron chi connectivity index (χ0n) is 11.6. The summed E-state index contributed by atoms with van der Waals surface area (Å²) >= 11 is 1.72. The first-order valence-corrected chi connectivity index (χ1v) is 8.16. The second kappa shape index (κ2) is 7.01. The van der Waals surface area contributed by atoms with E-state index in [-0.39, 0.29) is 0 Å². The van der Waals surface area contributed by atoms with Gasteiger partial charge in [0.1, 0.15) is 5.82 Å². The Morgan fingerprint density at radius 2 is 1.86 bits per heavy atom. The maximum Gasteiger partial charge on any atom is 0.419 e. The maximum absolute atomic E-state index is 13.2. The quantitative estimate of drug-likeness (QED) is 0.797. The summed E-state index contributed by atoms with van der Waals surface area (Å²) in [5.74, 6) is -0.688. The highest BCUT2D eigenvalue weighted by Crippen LogP contribution is 2.34. The van der Waals surface area contributed by atoms with E-state index in [2.05, 4.69) is 0 Å². The van der Waals surface area contributed by atoms with E-state index in [4.69, 9.17) is 5.73 Å². The number of rotatable bonds is 4. The molecule has 0 radical (unpaired) electrons. The summed E-state index contributed by atoms with van der Waals surface area (Å²) in [5.41, 5.74) is 5.07. The highest BCUT2D eigenvalue weighted by molar-refractivity contribution is 7.99. The highest BCUT2D eigenvalue weighted by Gasteiger charge is 2.34. The van der Waals surface area contributed by atoms with E-state index in [1.54, 1.807) is 11.8 Å². The third-order valence-electron chi connectivity index (χ3n) is 3.79. The Balaban J connectivity index is 2.00. The van der Waals surface area contributed by atoms with Crippen LogP contribution in [0.25, 0.3) is 0 Å². The summed E-state index contributed by atoms with van der Waals surface area (Å²) in [5, 5.41) is 0.548. The molecule has 118 valence electrons. The number of thioether (sulfide) groups is 1. The molecule has 0 aromatic heterocycles. The fourth-order valence-corrected chi connectivity index (χ4v) is 3.90. The van der Waals surface area contributed by atoms with Crippen LogP contribution in [0.5, 0.6) is 0 Å². The summed E-state index contributed by atoms with van der Waals surface area (Å²) in [7, 11) is 0. The smallest absolute Gasteiger partial charge is 0.323 e. The zero-order valence-corrected chi connectivity index (χ0v) is 12.4. The SMILES string of the molecule is NC(CSC1CCCCC1)c1ccc(F)c(C(F)(F)F)c1. The van der Waals surface area contributed by atoms with Crippen molar-refractivity contribution in [1.82, 2.24) is 0 Å². The van der Waals surface area contributed by atoms with Gasteiger partial charge in [0.25, 0.3) is 0 Å². The molecule has 1 atom stereocenters. The number of benzene rings is 1. The van der Waals surface area contributed by atoms with E-state index < -0.39 is 23.6 Å². The van der Waals surface area contributed by atoms with Gasteiger partial charge in [0.2, 0.25) is 0 Å². The Morgan fingerprint density at radius 1 is 1.19 bits per heavy atom. The van der Waals surface area contributed by atoms with Crippen LogP contribution in [0.4, 0.5) is 17.6 Å². The molecular weight excluding hydrogens is 302 g/mol. The zero-order chi connectivity index (χ0) is 15.5. The molecule has 0 aliphatic heterocycles. The fraction of sp³-hybridized carbons (Fsp3) is 0.600. The molecule has 2 N–H and O–H groups in total. The van der Waals surface area contributed by atoms with Gasteiger partial charge >= 0.3 is 6.18 Å². The minimum Gasteiger partial charge on any atom is -0.323 e. The van der Waals surface area contributed by atoms with Crippen LogP contribution in [0, 0.1) is 5.82 Å². The van der Waals surface area contributed by atoms with Gasteiger partial charge in [-0.25, -0.2) is 4.39 Å². The van der Waals surface area contributed by atoms with Gasteiger partial charge in [0.05, 0.1) is 5.56 Å². The third kappa shape index (κ3) is 4.61. The molecule has 1 aliphatic carbocycles. The average molecular weight is 321 g/mol. The van der Waals surface area contributed by atoms with Crippen LogP contribution in [-0.4, -0.2) is 11.0 Å². The second-order valence-corrected chi connectivity index (χ2v) is 6.77. The largest absolute Gasteiger partial charge is 0.419 e. The molecule has 1 aromatic rings. The standard InChI is InChI=1S/C15H19F4NS/c16-13-7-6-10(8-12(13)15(17,18)19)14(20)9-21-11-4-2-1-3-5-11/h6-8,11,14H,1-5,9,20H2. The van der Waals surface area contributed by atoms with Gasteiger partial charge in [-0.15, -0.1) is 0 Å². The molecule has 1 aliphatic rings. The lowest BCUT2D eigenvalue weighted by Crippen LogP contribution is -2.18. The number of alkyl halides is 3. The topological polar surface area (TPSA) is 26.0 Å². The molecular formula is C15H19F4NS. The van der Waals surface area contributed by atoms with Gasteiger partial charge < -0.3 is 5.73 Å². The van der Waals surface area contributed by atoms with E-state index in [1.807, 2.05) is 0 Å². The lowest BCUT2D eigenvalue weighted by molar-refractivity contribution is -0.140. The Morgan fingerprint density at radius 3 is 2.48 bits per heavy atom. The minimum absolute atomic E-state index is 0.340. The van der Waals surface area contributed by atoms with Crippen LogP contribution in [0.3, 0.4) is 0 Å². The van der Waals surface area contributed by atoms with Gasteiger partial charge in [0, 0.05) is 17.0 Å². The van der Waals surface area contributed by atoms with Crippen LogP contribution in [-0.2, 0) is 6.18 Å². The first kappa shape index (κ1) is 16.6. The molecule has 0 amide bonds. The van der Waals surface area contributed by atoms with Crippen molar-refractivity contribution in [3.63, 3.8) is 0 Å². The molecule has 1 nitrogen and oxygen atoms in total. The number of hydrogen-bond donors (Lipinski definition) is 1. The third-order valence-corrected chi connectivity index (χ3v) is 5.28. The first-order chi connectivity index (χ1) is 9.88. The van der Waals surface area contributed by atoms with Crippen molar-refractivity contribution in [2.24, 2.45) is 5.73 Å². The molecule has 1 aromatic carbocycles. The highest BCUT2D eigenvalue weighted by atomic mass is 32.2. The lowest BCUT2D eigenvalue weighted by Gasteiger charge is -2.23. The van der Waals surface area contributed by atoms with Crippen LogP contribution in [0.15, 0.2) is 18.2 Å². The molecule has 2 rings (SSSR count). The fourth-order valence-electron chi connectivity index (χ4n) is 2.56. The normalized spacial score (nSPS) is 18.7. The van der Waals surface area contributed by atoms with Crippen LogP contribution in [0.2, 0.25) is 0 Å². The molecule has 6 heteroatoms. The Labute approximate surface area is 126 Å². The van der Waals surface area contributed by atoms with Crippen molar-refractivity contribution < 1.29 is 17.6 Å². The van der Waals surface area contributed by atoms with Crippen LogP contribution >= 0.6 is 11.8 Å². The van der Waals surface area contributed by atoms with Gasteiger partial charge in [-0.1, -0.05) is 25.3 Å². The lowest BCUT2D eigenvalue weighted by atomic mass is 10.0. The van der Waals surface area contributed by atoms with Crippen molar-refractivity contribution >= 4 is 11.8 Å². The second-order valence-electron chi connectivity index (χ2n) is 5.44. The Hall–Kier alpha value is -0.750. The molecule has 21 heavy (non-hydrogen) atoms. The molecule has 0 saturated heterocycles. The summed E-state index contributed by atoms with van der Waals surface area (Å²) in [6.45, 7) is 0. The average Bonchev–Trinajstić information content (AvgIpc) is 2.45. The van der Waals surface area contributed by atoms with Crippen molar-refractivity contribution in [3.8, 4) is 0 Å². The minimum atomic E-state index is -4.68. The summed E-state index contributed by atoms with van der Waals surface area (Å²) < 4.78 is 51.3. The Bertz CT molecular complexity index is 469. The predicted molar refractivity (Wildman–Crippen MR) is 77.7 cm³/mol. The van der Waals surface area contributed by atoms with Crippen LogP contribution in [0.1, 0.15) is 49.3 Å². The monoisotopic (exact) mass is 321 g/mol. The number of nitrogens with two attached hydrogens (primary N) is 1. The molecule has 1 unspecified atom stereocenters. The molecule has 0 bridgehead atoms. The van der Waals surface area contributed by atoms with E-state index in [0.717, 1.165) is 25.0 Å². The van der Waals surface area contributed by atoms with Crippen LogP contribution < -0.4 is 5.73 Å². The maximum atomic E-state index is 13.2. The van der Waals surface area contributed by atoms with E-state index in [9.17, 15) is 17.6 Å². The van der Waals surface area contributed by atoms with Gasteiger partial charge in [-0.2, -0.15) is 24.9 Å².